The van der Waals surface area contributed by atoms with Crippen LogP contribution in [-0.2, 0) is 4.79 Å². The molecular formula is C16H23N3O2. The van der Waals surface area contributed by atoms with Crippen LogP contribution in [0.4, 0.5) is 5.69 Å². The highest BCUT2D eigenvalue weighted by Crippen LogP contribution is 2.18. The summed E-state index contributed by atoms with van der Waals surface area (Å²) in [7, 11) is 0. The highest BCUT2D eigenvalue weighted by molar-refractivity contribution is 5.99. The average Bonchev–Trinajstić information content (AvgIpc) is 3.29. The number of para-hydroxylation sites is 1. The third-order valence-electron chi connectivity index (χ3n) is 3.32. The number of carbonyl (C=O) groups is 2. The van der Waals surface area contributed by atoms with Crippen molar-refractivity contribution in [1.29, 1.82) is 0 Å². The number of nitrogens with one attached hydrogen (secondary N) is 3. The molecule has 0 unspecified atom stereocenters. The van der Waals surface area contributed by atoms with Crippen LogP contribution < -0.4 is 16.0 Å². The number of amides is 2. The summed E-state index contributed by atoms with van der Waals surface area (Å²) in [5.41, 5.74) is 1.45. The number of anilines is 1. The Balaban J connectivity index is 1.80. The maximum absolute atomic E-state index is 12.2. The van der Waals surface area contributed by atoms with E-state index in [1.807, 2.05) is 18.2 Å². The van der Waals surface area contributed by atoms with Gasteiger partial charge < -0.3 is 16.0 Å². The molecule has 1 aromatic rings. The van der Waals surface area contributed by atoms with Crippen molar-refractivity contribution in [2.75, 3.05) is 18.4 Å². The molecule has 1 aromatic carbocycles. The Morgan fingerprint density at radius 2 is 1.95 bits per heavy atom. The van der Waals surface area contributed by atoms with Gasteiger partial charge in [-0.1, -0.05) is 19.1 Å². The van der Waals surface area contributed by atoms with Gasteiger partial charge in [-0.2, -0.15) is 0 Å². The van der Waals surface area contributed by atoms with E-state index in [0.717, 1.165) is 31.5 Å². The van der Waals surface area contributed by atoms with Crippen LogP contribution in [-0.4, -0.2) is 30.9 Å². The van der Waals surface area contributed by atoms with Gasteiger partial charge in [0, 0.05) is 31.2 Å². The molecule has 1 saturated carbocycles. The molecule has 0 aliphatic heterocycles. The minimum atomic E-state index is -0.145. The van der Waals surface area contributed by atoms with Gasteiger partial charge in [-0.3, -0.25) is 9.59 Å². The molecular weight excluding hydrogens is 266 g/mol. The summed E-state index contributed by atoms with van der Waals surface area (Å²) >= 11 is 0. The average molecular weight is 289 g/mol. The van der Waals surface area contributed by atoms with Crippen molar-refractivity contribution in [2.45, 2.75) is 38.6 Å². The Kier molecular flexibility index (Phi) is 5.60. The first-order chi connectivity index (χ1) is 10.2. The molecule has 114 valence electrons. The highest BCUT2D eigenvalue weighted by atomic mass is 16.2. The van der Waals surface area contributed by atoms with Crippen LogP contribution in [0.2, 0.25) is 0 Å². The van der Waals surface area contributed by atoms with Crippen molar-refractivity contribution in [3.05, 3.63) is 29.8 Å². The van der Waals surface area contributed by atoms with E-state index in [-0.39, 0.29) is 11.8 Å². The van der Waals surface area contributed by atoms with E-state index in [1.165, 1.54) is 0 Å². The molecule has 21 heavy (non-hydrogen) atoms. The van der Waals surface area contributed by atoms with Gasteiger partial charge in [0.15, 0.2) is 0 Å². The summed E-state index contributed by atoms with van der Waals surface area (Å²) in [5.74, 6) is -0.136. The lowest BCUT2D eigenvalue weighted by atomic mass is 10.1. The number of rotatable bonds is 8. The van der Waals surface area contributed by atoms with Gasteiger partial charge in [-0.05, 0) is 31.4 Å². The van der Waals surface area contributed by atoms with Gasteiger partial charge in [-0.15, -0.1) is 0 Å². The second-order valence-corrected chi connectivity index (χ2v) is 5.32. The fourth-order valence-corrected chi connectivity index (χ4v) is 2.01. The van der Waals surface area contributed by atoms with Crippen molar-refractivity contribution >= 4 is 17.5 Å². The maximum atomic E-state index is 12.2. The van der Waals surface area contributed by atoms with Crippen LogP contribution in [0.5, 0.6) is 0 Å². The van der Waals surface area contributed by atoms with Crippen molar-refractivity contribution in [3.8, 4) is 0 Å². The lowest BCUT2D eigenvalue weighted by Crippen LogP contribution is -2.32. The molecule has 0 heterocycles. The van der Waals surface area contributed by atoms with Crippen LogP contribution in [0.1, 0.15) is 43.0 Å². The monoisotopic (exact) mass is 289 g/mol. The molecule has 0 saturated heterocycles. The second kappa shape index (κ2) is 7.67. The number of hydrogen-bond donors (Lipinski definition) is 3. The van der Waals surface area contributed by atoms with Gasteiger partial charge in [0.05, 0.1) is 5.56 Å². The largest absolute Gasteiger partial charge is 0.384 e. The van der Waals surface area contributed by atoms with Crippen LogP contribution in [0.25, 0.3) is 0 Å². The molecule has 0 atom stereocenters. The number of benzene rings is 1. The maximum Gasteiger partial charge on any atom is 0.253 e. The van der Waals surface area contributed by atoms with Crippen LogP contribution in [0, 0.1) is 0 Å². The Morgan fingerprint density at radius 3 is 2.67 bits per heavy atom. The molecule has 0 aromatic heterocycles. The fourth-order valence-electron chi connectivity index (χ4n) is 2.01. The topological polar surface area (TPSA) is 70.2 Å². The lowest BCUT2D eigenvalue weighted by Gasteiger charge is -2.11. The molecule has 3 N–H and O–H groups in total. The van der Waals surface area contributed by atoms with Gasteiger partial charge >= 0.3 is 0 Å². The van der Waals surface area contributed by atoms with Crippen LogP contribution in [0.3, 0.4) is 0 Å². The minimum absolute atomic E-state index is 0.00944. The summed E-state index contributed by atoms with van der Waals surface area (Å²) in [6.45, 7) is 3.27. The first-order valence-corrected chi connectivity index (χ1v) is 7.61. The zero-order valence-corrected chi connectivity index (χ0v) is 12.4. The van der Waals surface area contributed by atoms with E-state index in [9.17, 15) is 9.59 Å². The first-order valence-electron chi connectivity index (χ1n) is 7.61. The van der Waals surface area contributed by atoms with Crippen LogP contribution >= 0.6 is 0 Å². The molecule has 1 fully saturated rings. The van der Waals surface area contributed by atoms with E-state index in [1.54, 1.807) is 6.07 Å². The molecule has 2 rings (SSSR count). The SMILES string of the molecule is CCCNc1ccccc1C(=O)NCCC(=O)NC1CC1. The first kappa shape index (κ1) is 15.4. The van der Waals surface area contributed by atoms with Crippen molar-refractivity contribution in [3.63, 3.8) is 0 Å². The summed E-state index contributed by atoms with van der Waals surface area (Å²) in [6, 6.07) is 7.79. The van der Waals surface area contributed by atoms with Crippen molar-refractivity contribution in [2.24, 2.45) is 0 Å². The Hall–Kier alpha value is -2.04. The fraction of sp³-hybridized carbons (Fsp3) is 0.500. The molecule has 1 aliphatic carbocycles. The van der Waals surface area contributed by atoms with Gasteiger partial charge in [0.1, 0.15) is 0 Å². The molecule has 0 radical (unpaired) electrons. The normalized spacial score (nSPS) is 13.6. The second-order valence-electron chi connectivity index (χ2n) is 5.32. The summed E-state index contributed by atoms with van der Waals surface area (Å²) in [6.07, 6.45) is 3.48. The molecule has 5 nitrogen and oxygen atoms in total. The summed E-state index contributed by atoms with van der Waals surface area (Å²) in [5, 5.41) is 8.94. The smallest absolute Gasteiger partial charge is 0.253 e. The Labute approximate surface area is 125 Å². The summed E-state index contributed by atoms with van der Waals surface area (Å²) < 4.78 is 0. The molecule has 1 aliphatic rings. The predicted molar refractivity (Wildman–Crippen MR) is 83.3 cm³/mol. The van der Waals surface area contributed by atoms with E-state index < -0.39 is 0 Å². The lowest BCUT2D eigenvalue weighted by molar-refractivity contribution is -0.121. The molecule has 2 amide bonds. The highest BCUT2D eigenvalue weighted by Gasteiger charge is 2.22. The van der Waals surface area contributed by atoms with E-state index in [0.29, 0.717) is 24.6 Å². The zero-order valence-electron chi connectivity index (χ0n) is 12.4. The molecule has 5 heteroatoms. The van der Waals surface area contributed by atoms with Gasteiger partial charge in [0.25, 0.3) is 5.91 Å². The Bertz CT molecular complexity index is 498. The Morgan fingerprint density at radius 1 is 1.19 bits per heavy atom. The van der Waals surface area contributed by atoms with Gasteiger partial charge in [0.2, 0.25) is 5.91 Å². The van der Waals surface area contributed by atoms with Gasteiger partial charge in [-0.25, -0.2) is 0 Å². The number of carbonyl (C=O) groups excluding carboxylic acids is 2. The van der Waals surface area contributed by atoms with Crippen molar-refractivity contribution < 1.29 is 9.59 Å². The van der Waals surface area contributed by atoms with Crippen molar-refractivity contribution in [1.82, 2.24) is 10.6 Å². The van der Waals surface area contributed by atoms with E-state index in [2.05, 4.69) is 22.9 Å². The van der Waals surface area contributed by atoms with Crippen LogP contribution in [0.15, 0.2) is 24.3 Å². The minimum Gasteiger partial charge on any atom is -0.384 e. The summed E-state index contributed by atoms with van der Waals surface area (Å²) in [4.78, 5) is 23.7. The standard InChI is InChI=1S/C16H23N3O2/c1-2-10-17-14-6-4-3-5-13(14)16(21)18-11-9-15(20)19-12-7-8-12/h3-6,12,17H,2,7-11H2,1H3,(H,18,21)(H,19,20). The third-order valence-corrected chi connectivity index (χ3v) is 3.32. The number of hydrogen-bond acceptors (Lipinski definition) is 3. The third kappa shape index (κ3) is 5.10. The van der Waals surface area contributed by atoms with E-state index in [4.69, 9.17) is 0 Å². The zero-order chi connectivity index (χ0) is 15.1. The predicted octanol–water partition coefficient (Wildman–Crippen LogP) is 1.91. The quantitative estimate of drug-likeness (QED) is 0.684. The van der Waals surface area contributed by atoms with E-state index >= 15 is 0 Å². The molecule has 0 spiro atoms. The molecule has 0 bridgehead atoms.